The second-order valence-electron chi connectivity index (χ2n) is 5.22. The van der Waals surface area contributed by atoms with E-state index in [1.165, 1.54) is 12.5 Å². The first-order valence-corrected chi connectivity index (χ1v) is 7.41. The van der Waals surface area contributed by atoms with Gasteiger partial charge in [0.2, 0.25) is 0 Å². The van der Waals surface area contributed by atoms with Crippen LogP contribution in [-0.2, 0) is 9.59 Å². The molecule has 0 aliphatic heterocycles. The van der Waals surface area contributed by atoms with Gasteiger partial charge in [0.15, 0.2) is 0 Å². The Bertz CT molecular complexity index is 625. The fourth-order valence-corrected chi connectivity index (χ4v) is 2.12. The minimum Gasteiger partial charge on any atom is -0.472 e. The zero-order chi connectivity index (χ0) is 16.7. The van der Waals surface area contributed by atoms with Crippen LogP contribution in [0.2, 0.25) is 0 Å². The number of furan rings is 1. The topological polar surface area (TPSA) is 91.6 Å². The van der Waals surface area contributed by atoms with Gasteiger partial charge in [0.25, 0.3) is 0 Å². The van der Waals surface area contributed by atoms with Crippen LogP contribution in [0.15, 0.2) is 53.3 Å². The maximum absolute atomic E-state index is 11.8. The Morgan fingerprint density at radius 3 is 2.52 bits per heavy atom. The van der Waals surface area contributed by atoms with Crippen molar-refractivity contribution < 1.29 is 19.1 Å². The second-order valence-corrected chi connectivity index (χ2v) is 5.22. The molecule has 0 spiro atoms. The lowest BCUT2D eigenvalue weighted by molar-refractivity contribution is -0.139. The third-order valence-corrected chi connectivity index (χ3v) is 3.48. The average Bonchev–Trinajstić information content (AvgIpc) is 3.10. The Hall–Kier alpha value is -2.60. The zero-order valence-electron chi connectivity index (χ0n) is 12.9. The van der Waals surface area contributed by atoms with Crippen LogP contribution in [0.4, 0.5) is 0 Å². The summed E-state index contributed by atoms with van der Waals surface area (Å²) in [6.45, 7) is 2.00. The second kappa shape index (κ2) is 8.14. The highest BCUT2D eigenvalue weighted by Gasteiger charge is 2.17. The van der Waals surface area contributed by atoms with Crippen molar-refractivity contribution in [1.29, 1.82) is 0 Å². The molecule has 2 aromatic rings. The van der Waals surface area contributed by atoms with Gasteiger partial charge in [0.1, 0.15) is 0 Å². The molecule has 6 nitrogen and oxygen atoms in total. The number of aliphatic hydroxyl groups excluding tert-OH is 1. The first kappa shape index (κ1) is 16.8. The maximum Gasteiger partial charge on any atom is 0.309 e. The summed E-state index contributed by atoms with van der Waals surface area (Å²) in [6, 6.07) is 10.8. The number of rotatable bonds is 6. The van der Waals surface area contributed by atoms with Crippen LogP contribution in [0.5, 0.6) is 0 Å². The van der Waals surface area contributed by atoms with Gasteiger partial charge in [-0.3, -0.25) is 9.59 Å². The van der Waals surface area contributed by atoms with Crippen molar-refractivity contribution in [2.24, 2.45) is 0 Å². The molecule has 122 valence electrons. The van der Waals surface area contributed by atoms with Gasteiger partial charge in [0, 0.05) is 12.1 Å². The van der Waals surface area contributed by atoms with E-state index < -0.39 is 17.9 Å². The molecule has 0 radical (unpaired) electrons. The van der Waals surface area contributed by atoms with Crippen LogP contribution < -0.4 is 10.6 Å². The van der Waals surface area contributed by atoms with Gasteiger partial charge in [-0.2, -0.15) is 0 Å². The summed E-state index contributed by atoms with van der Waals surface area (Å²) in [5.74, 6) is -1.41. The molecule has 1 aromatic heterocycles. The maximum atomic E-state index is 11.8. The lowest BCUT2D eigenvalue weighted by Crippen LogP contribution is -2.41. The van der Waals surface area contributed by atoms with Crippen LogP contribution >= 0.6 is 0 Å². The largest absolute Gasteiger partial charge is 0.472 e. The molecule has 0 aliphatic rings. The molecule has 0 bridgehead atoms. The quantitative estimate of drug-likeness (QED) is 0.707. The van der Waals surface area contributed by atoms with Crippen LogP contribution in [0, 0.1) is 0 Å². The molecule has 2 atom stereocenters. The molecule has 0 saturated carbocycles. The normalized spacial score (nSPS) is 13.1. The summed E-state index contributed by atoms with van der Waals surface area (Å²) in [4.78, 5) is 23.6. The predicted molar refractivity (Wildman–Crippen MR) is 84.3 cm³/mol. The Morgan fingerprint density at radius 2 is 1.87 bits per heavy atom. The molecule has 6 heteroatoms. The SMILES string of the molecule is C[C@H](NC(=O)C(=O)NCC[C@H](O)c1ccoc1)c1ccccc1. The molecule has 3 N–H and O–H groups in total. The smallest absolute Gasteiger partial charge is 0.309 e. The molecule has 0 saturated heterocycles. The van der Waals surface area contributed by atoms with E-state index in [9.17, 15) is 14.7 Å². The molecule has 0 unspecified atom stereocenters. The van der Waals surface area contributed by atoms with Crippen molar-refractivity contribution >= 4 is 11.8 Å². The average molecular weight is 316 g/mol. The summed E-state index contributed by atoms with van der Waals surface area (Å²) < 4.78 is 4.88. The van der Waals surface area contributed by atoms with Crippen molar-refractivity contribution in [1.82, 2.24) is 10.6 Å². The van der Waals surface area contributed by atoms with Crippen molar-refractivity contribution in [3.8, 4) is 0 Å². The third kappa shape index (κ3) is 4.96. The Balaban J connectivity index is 1.74. The molecule has 1 aromatic carbocycles. The summed E-state index contributed by atoms with van der Waals surface area (Å²) in [5.41, 5.74) is 1.56. The number of hydrogen-bond donors (Lipinski definition) is 3. The lowest BCUT2D eigenvalue weighted by atomic mass is 10.1. The fourth-order valence-electron chi connectivity index (χ4n) is 2.12. The number of benzene rings is 1. The van der Waals surface area contributed by atoms with Crippen LogP contribution in [-0.4, -0.2) is 23.5 Å². The molecule has 23 heavy (non-hydrogen) atoms. The molecule has 0 aliphatic carbocycles. The Labute approximate surface area is 134 Å². The number of carbonyl (C=O) groups is 2. The van der Waals surface area contributed by atoms with Crippen molar-refractivity contribution in [3.63, 3.8) is 0 Å². The van der Waals surface area contributed by atoms with Gasteiger partial charge >= 0.3 is 11.8 Å². The van der Waals surface area contributed by atoms with Crippen molar-refractivity contribution in [2.75, 3.05) is 6.54 Å². The number of amides is 2. The van der Waals surface area contributed by atoms with Gasteiger partial charge in [-0.15, -0.1) is 0 Å². The molecule has 1 heterocycles. The minimum atomic E-state index is -0.736. The Morgan fingerprint density at radius 1 is 1.13 bits per heavy atom. The number of nitrogens with one attached hydrogen (secondary N) is 2. The summed E-state index contributed by atoms with van der Waals surface area (Å²) >= 11 is 0. The molecule has 2 amide bonds. The van der Waals surface area contributed by atoms with E-state index in [2.05, 4.69) is 10.6 Å². The van der Waals surface area contributed by atoms with E-state index >= 15 is 0 Å². The van der Waals surface area contributed by atoms with Gasteiger partial charge in [-0.05, 0) is 25.0 Å². The van der Waals surface area contributed by atoms with Gasteiger partial charge in [0.05, 0.1) is 24.7 Å². The Kier molecular flexibility index (Phi) is 5.94. The monoisotopic (exact) mass is 316 g/mol. The zero-order valence-corrected chi connectivity index (χ0v) is 12.9. The number of hydrogen-bond acceptors (Lipinski definition) is 4. The minimum absolute atomic E-state index is 0.193. The van der Waals surface area contributed by atoms with Crippen LogP contribution in [0.3, 0.4) is 0 Å². The third-order valence-electron chi connectivity index (χ3n) is 3.48. The first-order chi connectivity index (χ1) is 11.1. The van der Waals surface area contributed by atoms with Crippen molar-refractivity contribution in [3.05, 3.63) is 60.1 Å². The highest BCUT2D eigenvalue weighted by atomic mass is 16.3. The molecular formula is C17H20N2O4. The van der Waals surface area contributed by atoms with Gasteiger partial charge < -0.3 is 20.2 Å². The lowest BCUT2D eigenvalue weighted by Gasteiger charge is -2.14. The van der Waals surface area contributed by atoms with Gasteiger partial charge in [-0.25, -0.2) is 0 Å². The molecular weight excluding hydrogens is 296 g/mol. The number of carbonyl (C=O) groups excluding carboxylic acids is 2. The van der Waals surface area contributed by atoms with Crippen LogP contribution in [0.25, 0.3) is 0 Å². The predicted octanol–water partition coefficient (Wildman–Crippen LogP) is 1.70. The van der Waals surface area contributed by atoms with Crippen LogP contribution in [0.1, 0.15) is 36.6 Å². The number of aliphatic hydroxyl groups is 1. The summed E-state index contributed by atoms with van der Waals surface area (Å²) in [5, 5.41) is 15.0. The van der Waals surface area contributed by atoms with Crippen molar-refractivity contribution in [2.45, 2.75) is 25.5 Å². The highest BCUT2D eigenvalue weighted by Crippen LogP contribution is 2.15. The standard InChI is InChI=1S/C17H20N2O4/c1-12(13-5-3-2-4-6-13)19-17(22)16(21)18-9-7-15(20)14-8-10-23-11-14/h2-6,8,10-12,15,20H,7,9H2,1H3,(H,18,21)(H,19,22)/t12-,15-/m0/s1. The molecule has 2 rings (SSSR count). The van der Waals surface area contributed by atoms with E-state index in [0.717, 1.165) is 5.56 Å². The van der Waals surface area contributed by atoms with E-state index in [0.29, 0.717) is 12.0 Å². The molecule has 0 fully saturated rings. The first-order valence-electron chi connectivity index (χ1n) is 7.41. The van der Waals surface area contributed by atoms with E-state index in [4.69, 9.17) is 4.42 Å². The summed E-state index contributed by atoms with van der Waals surface area (Å²) in [7, 11) is 0. The summed E-state index contributed by atoms with van der Waals surface area (Å²) in [6.07, 6.45) is 2.48. The van der Waals surface area contributed by atoms with E-state index in [1.54, 1.807) is 6.07 Å². The fraction of sp³-hybridized carbons (Fsp3) is 0.294. The van der Waals surface area contributed by atoms with Gasteiger partial charge in [-0.1, -0.05) is 30.3 Å². The highest BCUT2D eigenvalue weighted by molar-refractivity contribution is 6.35. The van der Waals surface area contributed by atoms with E-state index in [-0.39, 0.29) is 12.6 Å². The van der Waals surface area contributed by atoms with E-state index in [1.807, 2.05) is 37.3 Å².